The molecule has 0 saturated carbocycles. The Balaban J connectivity index is 1.46. The lowest BCUT2D eigenvalue weighted by Crippen LogP contribution is -1.86. The highest BCUT2D eigenvalue weighted by Gasteiger charge is 2.11. The number of para-hydroxylation sites is 1. The van der Waals surface area contributed by atoms with Gasteiger partial charge in [-0.15, -0.1) is 10.2 Å². The van der Waals surface area contributed by atoms with Crippen LogP contribution in [0.3, 0.4) is 0 Å². The van der Waals surface area contributed by atoms with Gasteiger partial charge in [0, 0.05) is 22.9 Å². The Morgan fingerprint density at radius 3 is 2.75 bits per heavy atom. The smallest absolute Gasteiger partial charge is 0.276 e. The maximum absolute atomic E-state index is 5.79. The molecule has 2 aromatic carbocycles. The van der Waals surface area contributed by atoms with Crippen molar-refractivity contribution in [1.82, 2.24) is 15.2 Å². The van der Waals surface area contributed by atoms with Gasteiger partial charge < -0.3 is 9.40 Å². The molecule has 0 aliphatic carbocycles. The zero-order chi connectivity index (χ0) is 16.4. The number of rotatable bonds is 5. The van der Waals surface area contributed by atoms with Crippen molar-refractivity contribution in [2.75, 3.05) is 0 Å². The van der Waals surface area contributed by atoms with Gasteiger partial charge in [-0.3, -0.25) is 0 Å². The summed E-state index contributed by atoms with van der Waals surface area (Å²) in [5, 5.41) is 10.2. The fourth-order valence-corrected chi connectivity index (χ4v) is 3.58. The largest absolute Gasteiger partial charge is 0.416 e. The van der Waals surface area contributed by atoms with Gasteiger partial charge in [-0.1, -0.05) is 54.2 Å². The Morgan fingerprint density at radius 2 is 1.83 bits per heavy atom. The number of benzene rings is 2. The highest BCUT2D eigenvalue weighted by molar-refractivity contribution is 7.98. The van der Waals surface area contributed by atoms with Crippen LogP contribution in [-0.2, 0) is 12.2 Å². The molecule has 0 atom stereocenters. The molecule has 4 rings (SSSR count). The molecule has 4 nitrogen and oxygen atoms in total. The molecule has 0 aliphatic heterocycles. The van der Waals surface area contributed by atoms with Crippen LogP contribution in [0.15, 0.2) is 64.4 Å². The van der Waals surface area contributed by atoms with Gasteiger partial charge in [0.2, 0.25) is 5.89 Å². The van der Waals surface area contributed by atoms with Crippen molar-refractivity contribution in [3.63, 3.8) is 0 Å². The van der Waals surface area contributed by atoms with Gasteiger partial charge in [-0.05, 0) is 29.7 Å². The standard InChI is InChI=1S/C19H17N3OS/c1-13-6-2-3-7-14(13)12-24-19-22-21-18(23-19)10-15-11-20-17-9-5-4-8-16(15)17/h2-9,11,20H,10,12H2,1H3. The number of aromatic nitrogens is 3. The fraction of sp³-hybridized carbons (Fsp3) is 0.158. The van der Waals surface area contributed by atoms with E-state index in [1.165, 1.54) is 22.1 Å². The van der Waals surface area contributed by atoms with E-state index in [1.54, 1.807) is 11.8 Å². The normalized spacial score (nSPS) is 11.2. The Labute approximate surface area is 144 Å². The molecule has 0 spiro atoms. The van der Waals surface area contributed by atoms with Crippen LogP contribution in [-0.4, -0.2) is 15.2 Å². The van der Waals surface area contributed by atoms with Crippen molar-refractivity contribution < 1.29 is 4.42 Å². The topological polar surface area (TPSA) is 54.7 Å². The summed E-state index contributed by atoms with van der Waals surface area (Å²) in [5.41, 5.74) is 4.87. The van der Waals surface area contributed by atoms with Crippen LogP contribution < -0.4 is 0 Å². The fourth-order valence-electron chi connectivity index (χ4n) is 2.72. The summed E-state index contributed by atoms with van der Waals surface area (Å²) < 4.78 is 5.79. The van der Waals surface area contributed by atoms with Crippen LogP contribution in [0.25, 0.3) is 10.9 Å². The Hall–Kier alpha value is -2.53. The summed E-state index contributed by atoms with van der Waals surface area (Å²) in [4.78, 5) is 3.27. The van der Waals surface area contributed by atoms with Crippen molar-refractivity contribution in [3.05, 3.63) is 77.3 Å². The first-order valence-electron chi connectivity index (χ1n) is 7.84. The summed E-state index contributed by atoms with van der Waals surface area (Å²) in [5.74, 6) is 1.48. The minimum atomic E-state index is 0.619. The summed E-state index contributed by atoms with van der Waals surface area (Å²) in [6.45, 7) is 2.12. The van der Waals surface area contributed by atoms with E-state index in [-0.39, 0.29) is 0 Å². The molecule has 2 aromatic heterocycles. The van der Waals surface area contributed by atoms with E-state index in [9.17, 15) is 0 Å². The molecule has 4 aromatic rings. The predicted molar refractivity (Wildman–Crippen MR) is 96.1 cm³/mol. The van der Waals surface area contributed by atoms with Crippen molar-refractivity contribution in [2.24, 2.45) is 0 Å². The number of aryl methyl sites for hydroxylation is 1. The third-order valence-corrected chi connectivity index (χ3v) is 4.94. The Bertz CT molecular complexity index is 973. The number of fused-ring (bicyclic) bond motifs is 1. The number of nitrogens with zero attached hydrogens (tertiary/aromatic N) is 2. The minimum absolute atomic E-state index is 0.619. The molecule has 5 heteroatoms. The van der Waals surface area contributed by atoms with E-state index in [2.05, 4.69) is 58.5 Å². The average Bonchev–Trinajstić information content (AvgIpc) is 3.22. The molecule has 0 aliphatic rings. The van der Waals surface area contributed by atoms with Crippen LogP contribution in [0.5, 0.6) is 0 Å². The summed E-state index contributed by atoms with van der Waals surface area (Å²) >= 11 is 1.58. The van der Waals surface area contributed by atoms with E-state index >= 15 is 0 Å². The molecule has 0 radical (unpaired) electrons. The van der Waals surface area contributed by atoms with Crippen molar-refractivity contribution in [2.45, 2.75) is 24.3 Å². The van der Waals surface area contributed by atoms with Crippen molar-refractivity contribution in [1.29, 1.82) is 0 Å². The van der Waals surface area contributed by atoms with Gasteiger partial charge in [0.15, 0.2) is 0 Å². The SMILES string of the molecule is Cc1ccccc1CSc1nnc(Cc2c[nH]c3ccccc23)o1. The maximum atomic E-state index is 5.79. The Kier molecular flexibility index (Phi) is 4.09. The van der Waals surface area contributed by atoms with E-state index in [0.717, 1.165) is 11.3 Å². The number of hydrogen-bond acceptors (Lipinski definition) is 4. The molecule has 0 fully saturated rings. The second-order valence-corrected chi connectivity index (χ2v) is 6.64. The predicted octanol–water partition coefficient (Wildman–Crippen LogP) is 4.74. The van der Waals surface area contributed by atoms with Gasteiger partial charge in [0.1, 0.15) is 0 Å². The van der Waals surface area contributed by atoms with Crippen molar-refractivity contribution >= 4 is 22.7 Å². The molecular weight excluding hydrogens is 318 g/mol. The van der Waals surface area contributed by atoms with Crippen LogP contribution in [0.1, 0.15) is 22.6 Å². The first-order chi connectivity index (χ1) is 11.8. The van der Waals surface area contributed by atoms with Crippen molar-refractivity contribution in [3.8, 4) is 0 Å². The van der Waals surface area contributed by atoms with Gasteiger partial charge in [-0.25, -0.2) is 0 Å². The third-order valence-electron chi connectivity index (χ3n) is 4.08. The van der Waals surface area contributed by atoms with E-state index in [1.807, 2.05) is 18.3 Å². The lowest BCUT2D eigenvalue weighted by Gasteiger charge is -2.02. The van der Waals surface area contributed by atoms with Gasteiger partial charge in [-0.2, -0.15) is 0 Å². The number of aromatic amines is 1. The van der Waals surface area contributed by atoms with E-state index < -0.39 is 0 Å². The number of H-pyrrole nitrogens is 1. The summed E-state index contributed by atoms with van der Waals surface area (Å²) in [6.07, 6.45) is 2.65. The lowest BCUT2D eigenvalue weighted by atomic mass is 10.1. The maximum Gasteiger partial charge on any atom is 0.276 e. The molecular formula is C19H17N3OS. The Morgan fingerprint density at radius 1 is 1.00 bits per heavy atom. The highest BCUT2D eigenvalue weighted by atomic mass is 32.2. The molecule has 0 unspecified atom stereocenters. The van der Waals surface area contributed by atoms with Gasteiger partial charge in [0.25, 0.3) is 5.22 Å². The number of nitrogens with one attached hydrogen (secondary N) is 1. The average molecular weight is 335 g/mol. The van der Waals surface area contributed by atoms with Gasteiger partial charge >= 0.3 is 0 Å². The highest BCUT2D eigenvalue weighted by Crippen LogP contribution is 2.25. The zero-order valence-corrected chi connectivity index (χ0v) is 14.1. The molecule has 120 valence electrons. The quantitative estimate of drug-likeness (QED) is 0.535. The monoisotopic (exact) mass is 335 g/mol. The molecule has 0 saturated heterocycles. The molecule has 2 heterocycles. The lowest BCUT2D eigenvalue weighted by molar-refractivity contribution is 0.420. The van der Waals surface area contributed by atoms with E-state index in [0.29, 0.717) is 17.5 Å². The van der Waals surface area contributed by atoms with Crippen LogP contribution >= 0.6 is 11.8 Å². The van der Waals surface area contributed by atoms with Crippen LogP contribution in [0, 0.1) is 6.92 Å². The minimum Gasteiger partial charge on any atom is -0.416 e. The van der Waals surface area contributed by atoms with Gasteiger partial charge in [0.05, 0.1) is 6.42 Å². The summed E-state index contributed by atoms with van der Waals surface area (Å²) in [7, 11) is 0. The molecule has 0 bridgehead atoms. The molecule has 1 N–H and O–H groups in total. The molecule has 0 amide bonds. The number of hydrogen-bond donors (Lipinski definition) is 1. The second kappa shape index (κ2) is 6.53. The first-order valence-corrected chi connectivity index (χ1v) is 8.83. The first kappa shape index (κ1) is 15.0. The zero-order valence-electron chi connectivity index (χ0n) is 13.3. The molecule has 24 heavy (non-hydrogen) atoms. The van der Waals surface area contributed by atoms with Crippen LogP contribution in [0.2, 0.25) is 0 Å². The number of thioether (sulfide) groups is 1. The van der Waals surface area contributed by atoms with Crippen LogP contribution in [0.4, 0.5) is 0 Å². The van der Waals surface area contributed by atoms with E-state index in [4.69, 9.17) is 4.42 Å². The second-order valence-electron chi connectivity index (χ2n) is 5.71. The summed E-state index contributed by atoms with van der Waals surface area (Å²) in [6, 6.07) is 16.6. The third kappa shape index (κ3) is 3.08.